The third-order valence-electron chi connectivity index (χ3n) is 3.60. The number of hydrogen-bond acceptors (Lipinski definition) is 2. The first-order valence-electron chi connectivity index (χ1n) is 8.21. The van der Waals surface area contributed by atoms with Crippen molar-refractivity contribution in [1.82, 2.24) is 5.32 Å². The SMILES string of the molecule is CCCCCCC(F)CC(=O)NCCC[N+](C)(C)CC(=O)O. The fourth-order valence-electron chi connectivity index (χ4n) is 2.35. The van der Waals surface area contributed by atoms with Gasteiger partial charge in [0.25, 0.3) is 0 Å². The number of likely N-dealkylation sites (N-methyl/N-ethyl adjacent to an activating group) is 1. The number of nitrogens with zero attached hydrogens (tertiary/aromatic N) is 1. The molecular weight excluding hydrogens is 287 g/mol. The van der Waals surface area contributed by atoms with Crippen molar-refractivity contribution in [2.45, 2.75) is 58.0 Å². The molecule has 0 saturated carbocycles. The van der Waals surface area contributed by atoms with E-state index >= 15 is 0 Å². The summed E-state index contributed by atoms with van der Waals surface area (Å²) in [6, 6.07) is 0. The molecule has 0 radical (unpaired) electrons. The number of quaternary nitrogens is 1. The van der Waals surface area contributed by atoms with Gasteiger partial charge in [-0.05, 0) is 6.42 Å². The van der Waals surface area contributed by atoms with E-state index in [0.717, 1.165) is 25.7 Å². The second-order valence-corrected chi connectivity index (χ2v) is 6.57. The Hall–Kier alpha value is -1.17. The van der Waals surface area contributed by atoms with E-state index in [4.69, 9.17) is 5.11 Å². The summed E-state index contributed by atoms with van der Waals surface area (Å²) in [4.78, 5) is 22.3. The maximum atomic E-state index is 13.6. The van der Waals surface area contributed by atoms with Crippen molar-refractivity contribution in [3.8, 4) is 0 Å². The molecule has 1 atom stereocenters. The molecule has 22 heavy (non-hydrogen) atoms. The molecule has 0 aromatic heterocycles. The fraction of sp³-hybridized carbons (Fsp3) is 0.875. The maximum absolute atomic E-state index is 13.6. The van der Waals surface area contributed by atoms with Gasteiger partial charge >= 0.3 is 5.97 Å². The lowest BCUT2D eigenvalue weighted by Crippen LogP contribution is -2.45. The standard InChI is InChI=1S/C16H31FN2O3/c1-4-5-6-7-9-14(17)12-15(20)18-10-8-11-19(2,3)13-16(21)22/h14H,4-13H2,1-3H3,(H-,18,20,21,22)/p+1. The van der Waals surface area contributed by atoms with Crippen molar-refractivity contribution in [3.05, 3.63) is 0 Å². The summed E-state index contributed by atoms with van der Waals surface area (Å²) in [5, 5.41) is 11.5. The monoisotopic (exact) mass is 319 g/mol. The fourth-order valence-corrected chi connectivity index (χ4v) is 2.35. The van der Waals surface area contributed by atoms with Crippen molar-refractivity contribution >= 4 is 11.9 Å². The first-order valence-corrected chi connectivity index (χ1v) is 8.21. The number of carboxylic acids is 1. The Balaban J connectivity index is 3.70. The molecule has 2 N–H and O–H groups in total. The molecule has 130 valence electrons. The van der Waals surface area contributed by atoms with Gasteiger partial charge in [-0.15, -0.1) is 0 Å². The zero-order chi connectivity index (χ0) is 17.0. The summed E-state index contributed by atoms with van der Waals surface area (Å²) >= 11 is 0. The summed E-state index contributed by atoms with van der Waals surface area (Å²) in [6.45, 7) is 3.28. The van der Waals surface area contributed by atoms with Crippen LogP contribution in [0.3, 0.4) is 0 Å². The molecule has 0 aliphatic heterocycles. The van der Waals surface area contributed by atoms with Crippen LogP contribution in [0.15, 0.2) is 0 Å². The highest BCUT2D eigenvalue weighted by Crippen LogP contribution is 2.11. The van der Waals surface area contributed by atoms with Crippen LogP contribution < -0.4 is 5.32 Å². The minimum Gasteiger partial charge on any atom is -0.477 e. The Bertz CT molecular complexity index is 335. The van der Waals surface area contributed by atoms with Crippen LogP contribution in [-0.2, 0) is 9.59 Å². The summed E-state index contributed by atoms with van der Waals surface area (Å²) in [5.41, 5.74) is 0. The maximum Gasteiger partial charge on any atom is 0.359 e. The average molecular weight is 319 g/mol. The minimum atomic E-state index is -1.06. The summed E-state index contributed by atoms with van der Waals surface area (Å²) in [6.07, 6.45) is 4.10. The number of carbonyl (C=O) groups is 2. The number of alkyl halides is 1. The van der Waals surface area contributed by atoms with Crippen molar-refractivity contribution in [1.29, 1.82) is 0 Å². The Labute approximate surface area is 133 Å². The molecule has 5 nitrogen and oxygen atoms in total. The van der Waals surface area contributed by atoms with Crippen molar-refractivity contribution in [2.75, 3.05) is 33.7 Å². The van der Waals surface area contributed by atoms with E-state index in [2.05, 4.69) is 12.2 Å². The number of rotatable bonds is 13. The highest BCUT2D eigenvalue weighted by molar-refractivity contribution is 5.76. The minimum absolute atomic E-state index is 0.0538. The molecule has 0 spiro atoms. The van der Waals surface area contributed by atoms with Gasteiger partial charge in [0, 0.05) is 13.0 Å². The van der Waals surface area contributed by atoms with E-state index in [9.17, 15) is 14.0 Å². The van der Waals surface area contributed by atoms with Gasteiger partial charge in [-0.2, -0.15) is 0 Å². The Morgan fingerprint density at radius 2 is 1.86 bits per heavy atom. The molecule has 0 saturated heterocycles. The molecule has 6 heteroatoms. The number of nitrogens with one attached hydrogen (secondary N) is 1. The normalized spacial score (nSPS) is 12.9. The van der Waals surface area contributed by atoms with Crippen LogP contribution in [0.1, 0.15) is 51.9 Å². The van der Waals surface area contributed by atoms with E-state index in [-0.39, 0.29) is 18.9 Å². The Morgan fingerprint density at radius 1 is 1.18 bits per heavy atom. The van der Waals surface area contributed by atoms with Crippen LogP contribution in [0, 0.1) is 0 Å². The molecule has 0 bridgehead atoms. The molecule has 1 unspecified atom stereocenters. The van der Waals surface area contributed by atoms with Crippen LogP contribution in [0.2, 0.25) is 0 Å². The first kappa shape index (κ1) is 20.8. The average Bonchev–Trinajstić information content (AvgIpc) is 2.38. The highest BCUT2D eigenvalue weighted by atomic mass is 19.1. The van der Waals surface area contributed by atoms with Gasteiger partial charge in [0.1, 0.15) is 6.17 Å². The predicted molar refractivity (Wildman–Crippen MR) is 85.4 cm³/mol. The van der Waals surface area contributed by atoms with Crippen LogP contribution in [0.25, 0.3) is 0 Å². The predicted octanol–water partition coefficient (Wildman–Crippen LogP) is 2.35. The van der Waals surface area contributed by atoms with Gasteiger partial charge in [-0.1, -0.05) is 32.6 Å². The number of unbranched alkanes of at least 4 members (excludes halogenated alkanes) is 3. The topological polar surface area (TPSA) is 66.4 Å². The molecular formula is C16H32FN2O3+. The third-order valence-corrected chi connectivity index (χ3v) is 3.60. The lowest BCUT2D eigenvalue weighted by atomic mass is 10.1. The second-order valence-electron chi connectivity index (χ2n) is 6.57. The molecule has 0 aliphatic carbocycles. The zero-order valence-corrected chi connectivity index (χ0v) is 14.2. The zero-order valence-electron chi connectivity index (χ0n) is 14.2. The molecule has 0 aliphatic rings. The van der Waals surface area contributed by atoms with Gasteiger partial charge in [0.2, 0.25) is 5.91 Å². The summed E-state index contributed by atoms with van der Waals surface area (Å²) in [7, 11) is 3.67. The smallest absolute Gasteiger partial charge is 0.359 e. The van der Waals surface area contributed by atoms with Crippen LogP contribution in [0.5, 0.6) is 0 Å². The molecule has 0 rings (SSSR count). The Morgan fingerprint density at radius 3 is 2.45 bits per heavy atom. The van der Waals surface area contributed by atoms with Crippen molar-refractivity contribution in [3.63, 3.8) is 0 Å². The molecule has 0 aromatic carbocycles. The van der Waals surface area contributed by atoms with E-state index in [1.807, 2.05) is 14.1 Å². The molecule has 1 amide bonds. The van der Waals surface area contributed by atoms with E-state index < -0.39 is 12.1 Å². The summed E-state index contributed by atoms with van der Waals surface area (Å²) < 4.78 is 14.0. The molecule has 0 aromatic rings. The van der Waals surface area contributed by atoms with Crippen LogP contribution >= 0.6 is 0 Å². The highest BCUT2D eigenvalue weighted by Gasteiger charge is 2.19. The third kappa shape index (κ3) is 12.6. The number of halogens is 1. The number of carbonyl (C=O) groups excluding carboxylic acids is 1. The molecule has 0 fully saturated rings. The number of carboxylic acid groups (broad SMARTS) is 1. The van der Waals surface area contributed by atoms with Crippen LogP contribution in [0.4, 0.5) is 4.39 Å². The number of aliphatic carboxylic acids is 1. The quantitative estimate of drug-likeness (QED) is 0.404. The van der Waals surface area contributed by atoms with Crippen LogP contribution in [-0.4, -0.2) is 61.4 Å². The number of amides is 1. The molecule has 0 heterocycles. The van der Waals surface area contributed by atoms with Crippen molar-refractivity contribution in [2.24, 2.45) is 0 Å². The summed E-state index contributed by atoms with van der Waals surface area (Å²) in [5.74, 6) is -1.09. The van der Waals surface area contributed by atoms with Crippen molar-refractivity contribution < 1.29 is 23.6 Å². The second kappa shape index (κ2) is 11.4. The van der Waals surface area contributed by atoms with E-state index in [1.165, 1.54) is 0 Å². The van der Waals surface area contributed by atoms with Gasteiger partial charge in [0.15, 0.2) is 6.54 Å². The van der Waals surface area contributed by atoms with Gasteiger partial charge in [-0.3, -0.25) is 4.79 Å². The van der Waals surface area contributed by atoms with Gasteiger partial charge < -0.3 is 14.9 Å². The first-order chi connectivity index (χ1) is 10.3. The van der Waals surface area contributed by atoms with E-state index in [1.54, 1.807) is 0 Å². The van der Waals surface area contributed by atoms with E-state index in [0.29, 0.717) is 30.4 Å². The number of hydrogen-bond donors (Lipinski definition) is 2. The van der Waals surface area contributed by atoms with Gasteiger partial charge in [0.05, 0.1) is 27.1 Å². The lowest BCUT2D eigenvalue weighted by Gasteiger charge is -2.27. The largest absolute Gasteiger partial charge is 0.477 e. The van der Waals surface area contributed by atoms with Gasteiger partial charge in [-0.25, -0.2) is 9.18 Å². The Kier molecular flexibility index (Phi) is 10.8. The lowest BCUT2D eigenvalue weighted by molar-refractivity contribution is -0.883.